The monoisotopic (exact) mass is 118 g/mol. The molecule has 0 heterocycles. The molecule has 0 saturated heterocycles. The number of carbonyl (C=O) groups excluding carboxylic acids is 1. The maximum atomic E-state index is 10.3. The van der Waals surface area contributed by atoms with E-state index in [1.165, 1.54) is 13.8 Å². The van der Waals surface area contributed by atoms with Crippen LogP contribution in [0.25, 0.3) is 0 Å². The van der Waals surface area contributed by atoms with Crippen LogP contribution in [-0.4, -0.2) is 22.3 Å². The van der Waals surface area contributed by atoms with Gasteiger partial charge in [0.05, 0.1) is 5.92 Å². The quantitative estimate of drug-likeness (QED) is 0.481. The van der Waals surface area contributed by atoms with Gasteiger partial charge < -0.3 is 10.2 Å². The Bertz CT molecular complexity index is 87.7. The van der Waals surface area contributed by atoms with E-state index in [4.69, 9.17) is 10.2 Å². The molecule has 1 atom stereocenters. The smallest absolute Gasteiger partial charge is 0.160 e. The van der Waals surface area contributed by atoms with Crippen LogP contribution in [0, 0.1) is 5.92 Å². The first-order valence-electron chi connectivity index (χ1n) is 2.42. The zero-order valence-electron chi connectivity index (χ0n) is 4.96. The Morgan fingerprint density at radius 3 is 1.88 bits per heavy atom. The molecule has 8 heavy (non-hydrogen) atoms. The Morgan fingerprint density at radius 1 is 1.50 bits per heavy atom. The Hall–Kier alpha value is -0.410. The van der Waals surface area contributed by atoms with Gasteiger partial charge in [-0.25, -0.2) is 0 Å². The molecule has 3 heteroatoms. The molecule has 0 aromatic carbocycles. The standard InChI is InChI=1S/C5H10O3/c1-3(4(2)6)5(7)8/h3,5,7-8H,1-2H3. The highest BCUT2D eigenvalue weighted by atomic mass is 16.5. The summed E-state index contributed by atoms with van der Waals surface area (Å²) in [7, 11) is 0. The maximum absolute atomic E-state index is 10.3. The number of aliphatic hydroxyl groups is 2. The molecule has 0 aliphatic heterocycles. The lowest BCUT2D eigenvalue weighted by molar-refractivity contribution is -0.135. The van der Waals surface area contributed by atoms with Crippen LogP contribution < -0.4 is 0 Å². The van der Waals surface area contributed by atoms with Gasteiger partial charge in [-0.3, -0.25) is 4.79 Å². The summed E-state index contributed by atoms with van der Waals surface area (Å²) in [5.74, 6) is -0.866. The summed E-state index contributed by atoms with van der Waals surface area (Å²) >= 11 is 0. The molecule has 2 N–H and O–H groups in total. The van der Waals surface area contributed by atoms with Gasteiger partial charge in [0.25, 0.3) is 0 Å². The summed E-state index contributed by atoms with van der Waals surface area (Å²) in [4.78, 5) is 10.3. The number of hydrogen-bond acceptors (Lipinski definition) is 3. The van der Waals surface area contributed by atoms with Crippen molar-refractivity contribution in [3.63, 3.8) is 0 Å². The first kappa shape index (κ1) is 7.59. The van der Waals surface area contributed by atoms with Crippen molar-refractivity contribution < 1.29 is 15.0 Å². The summed E-state index contributed by atoms with van der Waals surface area (Å²) in [5.41, 5.74) is 0. The van der Waals surface area contributed by atoms with Crippen molar-refractivity contribution in [3.05, 3.63) is 0 Å². The van der Waals surface area contributed by atoms with Gasteiger partial charge in [-0.15, -0.1) is 0 Å². The Balaban J connectivity index is 3.64. The first-order valence-corrected chi connectivity index (χ1v) is 2.42. The fourth-order valence-corrected chi connectivity index (χ4v) is 0.210. The van der Waals surface area contributed by atoms with E-state index in [0.29, 0.717) is 0 Å². The minimum atomic E-state index is -1.51. The van der Waals surface area contributed by atoms with Crippen LogP contribution in [0.1, 0.15) is 13.8 Å². The molecule has 0 bridgehead atoms. The third kappa shape index (κ3) is 2.04. The predicted molar refractivity (Wildman–Crippen MR) is 28.1 cm³/mol. The van der Waals surface area contributed by atoms with Gasteiger partial charge in [0.1, 0.15) is 5.78 Å². The van der Waals surface area contributed by atoms with Crippen LogP contribution >= 0.6 is 0 Å². The molecule has 3 nitrogen and oxygen atoms in total. The number of ketones is 1. The number of rotatable bonds is 2. The van der Waals surface area contributed by atoms with Crippen LogP contribution in [0.5, 0.6) is 0 Å². The van der Waals surface area contributed by atoms with E-state index >= 15 is 0 Å². The molecule has 0 aliphatic carbocycles. The fourth-order valence-electron chi connectivity index (χ4n) is 0.210. The van der Waals surface area contributed by atoms with Gasteiger partial charge in [0.15, 0.2) is 6.29 Å². The van der Waals surface area contributed by atoms with Crippen molar-refractivity contribution in [1.29, 1.82) is 0 Å². The topological polar surface area (TPSA) is 57.5 Å². The second kappa shape index (κ2) is 2.79. The van der Waals surface area contributed by atoms with Crippen LogP contribution in [-0.2, 0) is 4.79 Å². The van der Waals surface area contributed by atoms with E-state index in [2.05, 4.69) is 0 Å². The average molecular weight is 118 g/mol. The van der Waals surface area contributed by atoms with E-state index in [1.54, 1.807) is 0 Å². The molecule has 0 aromatic rings. The average Bonchev–Trinajstić information content (AvgIpc) is 1.64. The molecule has 0 aliphatic rings. The third-order valence-corrected chi connectivity index (χ3v) is 1.09. The fraction of sp³-hybridized carbons (Fsp3) is 0.800. The van der Waals surface area contributed by atoms with Crippen molar-refractivity contribution >= 4 is 5.78 Å². The number of aliphatic hydroxyl groups excluding tert-OH is 1. The van der Waals surface area contributed by atoms with Gasteiger partial charge in [-0.05, 0) is 6.92 Å². The number of Topliss-reactive ketones (excluding diaryl/α,β-unsaturated/α-hetero) is 1. The molecule has 0 aromatic heterocycles. The summed E-state index contributed by atoms with van der Waals surface area (Å²) in [5, 5.41) is 16.7. The van der Waals surface area contributed by atoms with Crippen LogP contribution in [0.2, 0.25) is 0 Å². The van der Waals surface area contributed by atoms with Crippen molar-refractivity contribution in [2.45, 2.75) is 20.1 Å². The molecule has 0 saturated carbocycles. The SMILES string of the molecule is CC(=O)C(C)C(O)O. The molecule has 0 spiro atoms. The highest BCUT2D eigenvalue weighted by molar-refractivity contribution is 5.78. The Morgan fingerprint density at radius 2 is 1.88 bits per heavy atom. The normalized spacial score (nSPS) is 14.1. The highest BCUT2D eigenvalue weighted by Gasteiger charge is 2.14. The summed E-state index contributed by atoms with van der Waals surface area (Å²) in [6, 6.07) is 0. The Labute approximate surface area is 47.9 Å². The van der Waals surface area contributed by atoms with E-state index in [1.807, 2.05) is 0 Å². The first-order chi connectivity index (χ1) is 3.55. The number of hydrogen-bond donors (Lipinski definition) is 2. The van der Waals surface area contributed by atoms with Gasteiger partial charge in [-0.2, -0.15) is 0 Å². The minimum Gasteiger partial charge on any atom is -0.368 e. The van der Waals surface area contributed by atoms with Crippen molar-refractivity contribution in [2.24, 2.45) is 5.92 Å². The van der Waals surface area contributed by atoms with Crippen molar-refractivity contribution in [2.75, 3.05) is 0 Å². The van der Waals surface area contributed by atoms with Gasteiger partial charge in [0, 0.05) is 0 Å². The van der Waals surface area contributed by atoms with Crippen LogP contribution in [0.4, 0.5) is 0 Å². The summed E-state index contributed by atoms with van der Waals surface area (Å²) in [6.45, 7) is 2.79. The third-order valence-electron chi connectivity index (χ3n) is 1.09. The lowest BCUT2D eigenvalue weighted by Gasteiger charge is -2.07. The minimum absolute atomic E-state index is 0.208. The Kier molecular flexibility index (Phi) is 2.65. The molecular weight excluding hydrogens is 108 g/mol. The molecule has 1 unspecified atom stereocenters. The van der Waals surface area contributed by atoms with Gasteiger partial charge in [0.2, 0.25) is 0 Å². The highest BCUT2D eigenvalue weighted by Crippen LogP contribution is 1.99. The number of carbonyl (C=O) groups is 1. The molecule has 0 radical (unpaired) electrons. The molecule has 48 valence electrons. The zero-order chi connectivity index (χ0) is 6.73. The van der Waals surface area contributed by atoms with Crippen LogP contribution in [0.15, 0.2) is 0 Å². The zero-order valence-corrected chi connectivity index (χ0v) is 4.96. The largest absolute Gasteiger partial charge is 0.368 e. The second-order valence-electron chi connectivity index (χ2n) is 1.81. The second-order valence-corrected chi connectivity index (χ2v) is 1.81. The molecular formula is C5H10O3. The van der Waals surface area contributed by atoms with Crippen molar-refractivity contribution in [1.82, 2.24) is 0 Å². The van der Waals surface area contributed by atoms with Gasteiger partial charge in [-0.1, -0.05) is 6.92 Å². The van der Waals surface area contributed by atoms with E-state index in [-0.39, 0.29) is 5.78 Å². The van der Waals surface area contributed by atoms with E-state index in [0.717, 1.165) is 0 Å². The van der Waals surface area contributed by atoms with Crippen molar-refractivity contribution in [3.8, 4) is 0 Å². The maximum Gasteiger partial charge on any atom is 0.160 e. The van der Waals surface area contributed by atoms with Gasteiger partial charge >= 0.3 is 0 Å². The summed E-state index contributed by atoms with van der Waals surface area (Å²) in [6.07, 6.45) is -1.51. The molecule has 0 fully saturated rings. The molecule has 0 amide bonds. The lowest BCUT2D eigenvalue weighted by Crippen LogP contribution is -2.22. The van der Waals surface area contributed by atoms with Crippen LogP contribution in [0.3, 0.4) is 0 Å². The predicted octanol–water partition coefficient (Wildman–Crippen LogP) is -0.478. The summed E-state index contributed by atoms with van der Waals surface area (Å²) < 4.78 is 0. The van der Waals surface area contributed by atoms with E-state index < -0.39 is 12.2 Å². The lowest BCUT2D eigenvalue weighted by atomic mass is 10.1. The molecule has 0 rings (SSSR count). The van der Waals surface area contributed by atoms with E-state index in [9.17, 15) is 4.79 Å².